The fourth-order valence-corrected chi connectivity index (χ4v) is 2.39. The molecule has 0 saturated heterocycles. The van der Waals surface area contributed by atoms with Gasteiger partial charge in [0.2, 0.25) is 0 Å². The third kappa shape index (κ3) is 45.2. The fraction of sp³-hybridized carbons (Fsp3) is 0.889. The van der Waals surface area contributed by atoms with E-state index in [2.05, 4.69) is 19.1 Å². The number of unbranched alkanes of at least 4 members (excludes halogenated alkanes) is 12. The first kappa shape index (κ1) is 44.2. The first-order chi connectivity index (χ1) is 9.41. The Morgan fingerprint density at radius 2 is 0.800 bits per heavy atom. The highest BCUT2D eigenvalue weighted by Gasteiger charge is 1.90. The fourth-order valence-electron chi connectivity index (χ4n) is 2.39. The van der Waals surface area contributed by atoms with Crippen LogP contribution < -0.4 is 42.6 Å². The van der Waals surface area contributed by atoms with E-state index in [4.69, 9.17) is 5.73 Å². The highest BCUT2D eigenvalue weighted by molar-refractivity contribution is 4.81. The predicted molar refractivity (Wildman–Crippen MR) is 119 cm³/mol. The smallest absolute Gasteiger partial charge is 0.00773 e. The number of hydrogen-bond acceptors (Lipinski definition) is 7. The Kier molecular flexibility index (Phi) is 77.2. The molecule has 25 heavy (non-hydrogen) atoms. The van der Waals surface area contributed by atoms with Crippen LogP contribution in [0.15, 0.2) is 12.2 Å². The maximum absolute atomic E-state index is 5.47. The van der Waals surface area contributed by atoms with Crippen LogP contribution in [0.3, 0.4) is 0 Å². The average molecular weight is 370 g/mol. The van der Waals surface area contributed by atoms with Gasteiger partial charge in [-0.15, -0.1) is 0 Å². The first-order valence-electron chi connectivity index (χ1n) is 8.77. The van der Waals surface area contributed by atoms with Crippen LogP contribution in [0.2, 0.25) is 0 Å². The van der Waals surface area contributed by atoms with Gasteiger partial charge in [0, 0.05) is 0 Å². The molecule has 0 atom stereocenters. The largest absolute Gasteiger partial charge is 0.344 e. The van der Waals surface area contributed by atoms with Crippen molar-refractivity contribution >= 4 is 0 Å². The quantitative estimate of drug-likeness (QED) is 0.118. The molecule has 0 aromatic carbocycles. The third-order valence-corrected chi connectivity index (χ3v) is 3.72. The van der Waals surface area contributed by atoms with E-state index in [0.717, 1.165) is 6.54 Å². The lowest BCUT2D eigenvalue weighted by Crippen LogP contribution is -1.97. The summed E-state index contributed by atoms with van der Waals surface area (Å²) in [5.41, 5.74) is 5.47. The molecule has 0 fully saturated rings. The zero-order chi connectivity index (χ0) is 14.0. The van der Waals surface area contributed by atoms with Crippen LogP contribution in [-0.2, 0) is 0 Å². The van der Waals surface area contributed by atoms with Crippen molar-refractivity contribution in [2.45, 2.75) is 96.8 Å². The lowest BCUT2D eigenvalue weighted by molar-refractivity contribution is 0.599. The van der Waals surface area contributed by atoms with E-state index < -0.39 is 0 Å². The van der Waals surface area contributed by atoms with E-state index in [1.807, 2.05) is 0 Å². The van der Waals surface area contributed by atoms with Gasteiger partial charge in [-0.3, -0.25) is 0 Å². The van der Waals surface area contributed by atoms with Gasteiger partial charge >= 0.3 is 0 Å². The SMILES string of the molecule is CCCCCCCC/C=C\CCCCCCCCN.N.N.N.N.N.N. The van der Waals surface area contributed by atoms with E-state index in [0.29, 0.717) is 0 Å². The van der Waals surface area contributed by atoms with Crippen molar-refractivity contribution in [2.75, 3.05) is 6.54 Å². The highest BCUT2D eigenvalue weighted by atomic mass is 14.5. The maximum atomic E-state index is 5.47. The van der Waals surface area contributed by atoms with Gasteiger partial charge in [-0.2, -0.15) is 0 Å². The summed E-state index contributed by atoms with van der Waals surface area (Å²) in [6.07, 6.45) is 23.9. The van der Waals surface area contributed by atoms with Gasteiger partial charge in [0.15, 0.2) is 0 Å². The molecule has 0 heterocycles. The average Bonchev–Trinajstić information content (AvgIpc) is 2.43. The van der Waals surface area contributed by atoms with Crippen molar-refractivity contribution in [2.24, 2.45) is 5.73 Å². The third-order valence-electron chi connectivity index (χ3n) is 3.72. The van der Waals surface area contributed by atoms with E-state index in [1.165, 1.54) is 89.9 Å². The van der Waals surface area contributed by atoms with Crippen molar-refractivity contribution in [3.05, 3.63) is 12.2 Å². The second kappa shape index (κ2) is 43.7. The molecule has 0 aromatic heterocycles. The molecule has 7 nitrogen and oxygen atoms in total. The van der Waals surface area contributed by atoms with Crippen molar-refractivity contribution in [3.63, 3.8) is 0 Å². The zero-order valence-corrected chi connectivity index (χ0v) is 17.6. The molecule has 0 unspecified atom stereocenters. The topological polar surface area (TPSA) is 236 Å². The van der Waals surface area contributed by atoms with Crippen molar-refractivity contribution in [3.8, 4) is 0 Å². The van der Waals surface area contributed by atoms with Gasteiger partial charge in [-0.25, -0.2) is 0 Å². The Labute approximate surface area is 158 Å². The summed E-state index contributed by atoms with van der Waals surface area (Å²) < 4.78 is 0. The molecule has 20 N–H and O–H groups in total. The molecule has 0 bridgehead atoms. The second-order valence-corrected chi connectivity index (χ2v) is 5.73. The lowest BCUT2D eigenvalue weighted by Gasteiger charge is -1.99. The van der Waals surface area contributed by atoms with Gasteiger partial charge in [0.25, 0.3) is 0 Å². The first-order valence-corrected chi connectivity index (χ1v) is 8.77. The highest BCUT2D eigenvalue weighted by Crippen LogP contribution is 2.09. The number of allylic oxidation sites excluding steroid dienone is 2. The van der Waals surface area contributed by atoms with Gasteiger partial charge in [0.05, 0.1) is 0 Å². The molecule has 0 aliphatic rings. The Bertz CT molecular complexity index is 190. The molecule has 0 aromatic rings. The van der Waals surface area contributed by atoms with Gasteiger partial charge in [0.1, 0.15) is 0 Å². The zero-order valence-electron chi connectivity index (χ0n) is 17.6. The van der Waals surface area contributed by atoms with Crippen LogP contribution in [0.5, 0.6) is 0 Å². The molecule has 0 aliphatic heterocycles. The Balaban J connectivity index is -0.000000108. The van der Waals surface area contributed by atoms with Gasteiger partial charge in [-0.05, 0) is 38.6 Å². The molecule has 7 heteroatoms. The summed E-state index contributed by atoms with van der Waals surface area (Å²) in [6, 6.07) is 0. The van der Waals surface area contributed by atoms with Gasteiger partial charge in [-0.1, -0.05) is 76.9 Å². The summed E-state index contributed by atoms with van der Waals surface area (Å²) in [4.78, 5) is 0. The minimum Gasteiger partial charge on any atom is -0.344 e. The van der Waals surface area contributed by atoms with Crippen LogP contribution in [0.25, 0.3) is 0 Å². The summed E-state index contributed by atoms with van der Waals surface area (Å²) >= 11 is 0. The predicted octanol–water partition coefficient (Wildman–Crippen LogP) is 6.95. The summed E-state index contributed by atoms with van der Waals surface area (Å²) in [5, 5.41) is 0. The van der Waals surface area contributed by atoms with Crippen LogP contribution >= 0.6 is 0 Å². The monoisotopic (exact) mass is 369 g/mol. The molecular formula is C18H55N7. The van der Waals surface area contributed by atoms with E-state index >= 15 is 0 Å². The van der Waals surface area contributed by atoms with E-state index in [9.17, 15) is 0 Å². The van der Waals surface area contributed by atoms with Crippen LogP contribution in [-0.4, -0.2) is 6.54 Å². The van der Waals surface area contributed by atoms with Crippen LogP contribution in [0.4, 0.5) is 0 Å². The van der Waals surface area contributed by atoms with E-state index in [-0.39, 0.29) is 36.9 Å². The molecule has 0 saturated carbocycles. The normalized spacial score (nSPS) is 8.72. The Morgan fingerprint density at radius 3 is 1.16 bits per heavy atom. The number of hydrogen-bond donors (Lipinski definition) is 7. The standard InChI is InChI=1S/C18H37N.6H3N/c1-2-3-4-5-6-7-8-9-10-11-12-13-14-15-16-17-18-19;;;;;;/h9-10H,2-8,11-19H2,1H3;6*1H3/b10-9-;;;;;;. The Morgan fingerprint density at radius 1 is 0.480 bits per heavy atom. The summed E-state index contributed by atoms with van der Waals surface area (Å²) in [7, 11) is 0. The summed E-state index contributed by atoms with van der Waals surface area (Å²) in [6.45, 7) is 3.14. The van der Waals surface area contributed by atoms with Crippen LogP contribution in [0, 0.1) is 0 Å². The molecule has 162 valence electrons. The minimum absolute atomic E-state index is 0. The molecular weight excluding hydrogens is 314 g/mol. The molecule has 0 rings (SSSR count). The number of rotatable bonds is 15. The minimum atomic E-state index is 0. The second-order valence-electron chi connectivity index (χ2n) is 5.73. The van der Waals surface area contributed by atoms with Gasteiger partial charge < -0.3 is 42.6 Å². The van der Waals surface area contributed by atoms with Crippen LogP contribution in [0.1, 0.15) is 96.8 Å². The van der Waals surface area contributed by atoms with Crippen molar-refractivity contribution < 1.29 is 0 Å². The van der Waals surface area contributed by atoms with Crippen molar-refractivity contribution in [1.29, 1.82) is 0 Å². The summed E-state index contributed by atoms with van der Waals surface area (Å²) in [5.74, 6) is 0. The Hall–Kier alpha value is -0.540. The van der Waals surface area contributed by atoms with Crippen molar-refractivity contribution in [1.82, 2.24) is 36.9 Å². The lowest BCUT2D eigenvalue weighted by atomic mass is 10.1. The molecule has 0 radical (unpaired) electrons. The van der Waals surface area contributed by atoms with E-state index in [1.54, 1.807) is 0 Å². The molecule has 0 amide bonds. The number of nitrogens with two attached hydrogens (primary N) is 1. The molecule has 0 aliphatic carbocycles. The molecule has 0 spiro atoms. The maximum Gasteiger partial charge on any atom is -0.00773 e.